The normalized spacial score (nSPS) is 17.7. The van der Waals surface area contributed by atoms with E-state index in [1.807, 2.05) is 6.92 Å². The van der Waals surface area contributed by atoms with Gasteiger partial charge in [-0.15, -0.1) is 0 Å². The van der Waals surface area contributed by atoms with Gasteiger partial charge in [0.05, 0.1) is 0 Å². The van der Waals surface area contributed by atoms with Crippen molar-refractivity contribution in [3.05, 3.63) is 17.8 Å². The van der Waals surface area contributed by atoms with E-state index in [0.717, 1.165) is 31.4 Å². The SMILES string of the molecule is Cc1ccc(O)c(NC(=O)CC2(CN)CCCCC2)n1. The summed E-state index contributed by atoms with van der Waals surface area (Å²) >= 11 is 0. The first-order valence-corrected chi connectivity index (χ1v) is 7.21. The second-order valence-electron chi connectivity index (χ2n) is 5.81. The molecule has 1 aromatic heterocycles. The van der Waals surface area contributed by atoms with Crippen LogP contribution >= 0.6 is 0 Å². The molecule has 110 valence electrons. The van der Waals surface area contributed by atoms with Crippen molar-refractivity contribution in [2.75, 3.05) is 11.9 Å². The number of nitrogens with one attached hydrogen (secondary N) is 1. The van der Waals surface area contributed by atoms with Crippen molar-refractivity contribution in [2.24, 2.45) is 11.1 Å². The van der Waals surface area contributed by atoms with Gasteiger partial charge < -0.3 is 16.2 Å². The van der Waals surface area contributed by atoms with E-state index in [1.165, 1.54) is 12.5 Å². The maximum Gasteiger partial charge on any atom is 0.226 e. The van der Waals surface area contributed by atoms with Crippen LogP contribution in [0.25, 0.3) is 0 Å². The molecule has 20 heavy (non-hydrogen) atoms. The smallest absolute Gasteiger partial charge is 0.226 e. The van der Waals surface area contributed by atoms with Crippen molar-refractivity contribution < 1.29 is 9.90 Å². The lowest BCUT2D eigenvalue weighted by Crippen LogP contribution is -2.36. The van der Waals surface area contributed by atoms with Crippen LogP contribution in [-0.2, 0) is 4.79 Å². The third-order valence-corrected chi connectivity index (χ3v) is 4.15. The third-order valence-electron chi connectivity index (χ3n) is 4.15. The summed E-state index contributed by atoms with van der Waals surface area (Å²) in [6, 6.07) is 3.24. The molecule has 1 heterocycles. The number of amides is 1. The Balaban J connectivity index is 2.02. The Morgan fingerprint density at radius 2 is 2.10 bits per heavy atom. The fourth-order valence-corrected chi connectivity index (χ4v) is 2.91. The van der Waals surface area contributed by atoms with Gasteiger partial charge in [-0.25, -0.2) is 4.98 Å². The predicted octanol–water partition coefficient (Wildman–Crippen LogP) is 2.33. The van der Waals surface area contributed by atoms with E-state index in [1.54, 1.807) is 6.07 Å². The molecule has 5 nitrogen and oxygen atoms in total. The highest BCUT2D eigenvalue weighted by Crippen LogP contribution is 2.38. The Kier molecular flexibility index (Phi) is 4.60. The van der Waals surface area contributed by atoms with Crippen LogP contribution < -0.4 is 11.1 Å². The average molecular weight is 277 g/mol. The molecule has 0 spiro atoms. The van der Waals surface area contributed by atoms with E-state index >= 15 is 0 Å². The van der Waals surface area contributed by atoms with Crippen molar-refractivity contribution in [3.8, 4) is 5.75 Å². The highest BCUT2D eigenvalue weighted by atomic mass is 16.3. The monoisotopic (exact) mass is 277 g/mol. The Morgan fingerprint density at radius 3 is 2.75 bits per heavy atom. The van der Waals surface area contributed by atoms with Gasteiger partial charge in [0.1, 0.15) is 0 Å². The summed E-state index contributed by atoms with van der Waals surface area (Å²) in [5.41, 5.74) is 6.56. The summed E-state index contributed by atoms with van der Waals surface area (Å²) in [7, 11) is 0. The molecule has 1 aromatic rings. The van der Waals surface area contributed by atoms with E-state index in [2.05, 4.69) is 10.3 Å². The number of pyridine rings is 1. The number of aryl methyl sites for hydroxylation is 1. The minimum Gasteiger partial charge on any atom is -0.504 e. The molecule has 1 saturated carbocycles. The quantitative estimate of drug-likeness (QED) is 0.788. The van der Waals surface area contributed by atoms with E-state index in [0.29, 0.717) is 13.0 Å². The minimum absolute atomic E-state index is 0.00519. The van der Waals surface area contributed by atoms with Crippen molar-refractivity contribution in [1.82, 2.24) is 4.98 Å². The number of hydrogen-bond acceptors (Lipinski definition) is 4. The average Bonchev–Trinajstić information content (AvgIpc) is 2.44. The number of aromatic hydroxyl groups is 1. The van der Waals surface area contributed by atoms with Crippen LogP contribution in [0.4, 0.5) is 5.82 Å². The van der Waals surface area contributed by atoms with Crippen molar-refractivity contribution in [3.63, 3.8) is 0 Å². The van der Waals surface area contributed by atoms with Gasteiger partial charge in [-0.1, -0.05) is 19.3 Å². The Morgan fingerprint density at radius 1 is 1.40 bits per heavy atom. The highest BCUT2D eigenvalue weighted by molar-refractivity contribution is 5.91. The van der Waals surface area contributed by atoms with Crippen LogP contribution in [0, 0.1) is 12.3 Å². The molecular formula is C15H23N3O2. The zero-order valence-electron chi connectivity index (χ0n) is 12.0. The zero-order chi connectivity index (χ0) is 14.6. The van der Waals surface area contributed by atoms with Crippen LogP contribution in [0.5, 0.6) is 5.75 Å². The van der Waals surface area contributed by atoms with E-state index in [4.69, 9.17) is 5.73 Å². The Bertz CT molecular complexity index is 482. The molecule has 1 amide bonds. The Hall–Kier alpha value is -1.62. The van der Waals surface area contributed by atoms with Crippen molar-refractivity contribution in [1.29, 1.82) is 0 Å². The van der Waals surface area contributed by atoms with Gasteiger partial charge in [0.2, 0.25) is 5.91 Å². The van der Waals surface area contributed by atoms with Gasteiger partial charge in [0, 0.05) is 12.1 Å². The first-order valence-electron chi connectivity index (χ1n) is 7.21. The minimum atomic E-state index is -0.120. The van der Waals surface area contributed by atoms with Crippen LogP contribution in [0.2, 0.25) is 0 Å². The lowest BCUT2D eigenvalue weighted by atomic mass is 9.71. The predicted molar refractivity (Wildman–Crippen MR) is 78.5 cm³/mol. The number of nitrogens with zero attached hydrogens (tertiary/aromatic N) is 1. The summed E-state index contributed by atoms with van der Waals surface area (Å²) in [5, 5.41) is 12.4. The van der Waals surface area contributed by atoms with Gasteiger partial charge in [0.25, 0.3) is 0 Å². The molecule has 2 rings (SSSR count). The topological polar surface area (TPSA) is 88.2 Å². The Labute approximate surface area is 119 Å². The maximum absolute atomic E-state index is 12.2. The van der Waals surface area contributed by atoms with E-state index in [-0.39, 0.29) is 22.9 Å². The van der Waals surface area contributed by atoms with Crippen LogP contribution in [0.3, 0.4) is 0 Å². The number of nitrogens with two attached hydrogens (primary N) is 1. The van der Waals surface area contributed by atoms with Gasteiger partial charge >= 0.3 is 0 Å². The lowest BCUT2D eigenvalue weighted by molar-refractivity contribution is -0.118. The molecule has 0 aliphatic heterocycles. The molecule has 0 radical (unpaired) electrons. The summed E-state index contributed by atoms with van der Waals surface area (Å²) in [6.45, 7) is 2.35. The fraction of sp³-hybridized carbons (Fsp3) is 0.600. The fourth-order valence-electron chi connectivity index (χ4n) is 2.91. The molecule has 0 unspecified atom stereocenters. The molecule has 0 atom stereocenters. The van der Waals surface area contributed by atoms with Gasteiger partial charge in [-0.2, -0.15) is 0 Å². The number of aromatic nitrogens is 1. The number of anilines is 1. The molecule has 5 heteroatoms. The number of carbonyl (C=O) groups is 1. The molecule has 0 bridgehead atoms. The van der Waals surface area contributed by atoms with Crippen LogP contribution in [0.1, 0.15) is 44.2 Å². The van der Waals surface area contributed by atoms with Gasteiger partial charge in [-0.05, 0) is 43.9 Å². The first kappa shape index (κ1) is 14.8. The van der Waals surface area contributed by atoms with Gasteiger partial charge in [-0.3, -0.25) is 4.79 Å². The molecule has 1 aliphatic carbocycles. The molecular weight excluding hydrogens is 254 g/mol. The summed E-state index contributed by atoms with van der Waals surface area (Å²) in [4.78, 5) is 16.3. The molecule has 1 aliphatic rings. The second kappa shape index (κ2) is 6.22. The number of carbonyl (C=O) groups excluding carboxylic acids is 1. The molecule has 0 aromatic carbocycles. The van der Waals surface area contributed by atoms with Gasteiger partial charge in [0.15, 0.2) is 11.6 Å². The second-order valence-corrected chi connectivity index (χ2v) is 5.81. The molecule has 0 saturated heterocycles. The molecule has 4 N–H and O–H groups in total. The van der Waals surface area contributed by atoms with Crippen LogP contribution in [0.15, 0.2) is 12.1 Å². The van der Waals surface area contributed by atoms with Crippen molar-refractivity contribution in [2.45, 2.75) is 45.4 Å². The summed E-state index contributed by atoms with van der Waals surface area (Å²) in [5.74, 6) is 0.109. The standard InChI is InChI=1S/C15H23N3O2/c1-11-5-6-12(19)14(17-11)18-13(20)9-15(10-16)7-3-2-4-8-15/h5-6,19H,2-4,7-10,16H2,1H3,(H,17,18,20). The zero-order valence-corrected chi connectivity index (χ0v) is 12.0. The summed E-state index contributed by atoms with van der Waals surface area (Å²) in [6.07, 6.45) is 5.91. The first-order chi connectivity index (χ1) is 9.54. The van der Waals surface area contributed by atoms with E-state index < -0.39 is 0 Å². The number of rotatable bonds is 4. The largest absolute Gasteiger partial charge is 0.504 e. The number of hydrogen-bond donors (Lipinski definition) is 3. The summed E-state index contributed by atoms with van der Waals surface area (Å²) < 4.78 is 0. The highest BCUT2D eigenvalue weighted by Gasteiger charge is 2.33. The van der Waals surface area contributed by atoms with Crippen LogP contribution in [-0.4, -0.2) is 22.5 Å². The maximum atomic E-state index is 12.2. The van der Waals surface area contributed by atoms with E-state index in [9.17, 15) is 9.90 Å². The third kappa shape index (κ3) is 3.48. The lowest BCUT2D eigenvalue weighted by Gasteiger charge is -2.35. The molecule has 1 fully saturated rings. The van der Waals surface area contributed by atoms with Crippen molar-refractivity contribution >= 4 is 11.7 Å².